The minimum atomic E-state index is 0.147. The van der Waals surface area contributed by atoms with Crippen LogP contribution in [0.25, 0.3) is 0 Å². The van der Waals surface area contributed by atoms with Crippen molar-refractivity contribution in [2.75, 3.05) is 6.61 Å². The molecule has 0 bridgehead atoms. The highest BCUT2D eigenvalue weighted by atomic mass is 16.5. The Labute approximate surface area is 120 Å². The molecule has 0 amide bonds. The van der Waals surface area contributed by atoms with Crippen LogP contribution < -0.4 is 10.5 Å². The molecule has 0 aliphatic carbocycles. The third-order valence-electron chi connectivity index (χ3n) is 3.96. The van der Waals surface area contributed by atoms with Gasteiger partial charge in [-0.1, -0.05) is 42.5 Å². The monoisotopic (exact) mass is 267 g/mol. The second kappa shape index (κ2) is 6.10. The summed E-state index contributed by atoms with van der Waals surface area (Å²) in [5, 5.41) is 0. The van der Waals surface area contributed by atoms with Gasteiger partial charge in [0, 0.05) is 12.5 Å². The standard InChI is InChI=1S/C18H21NO/c19-17(15-6-2-1-3-7-15)8-4-5-14-9-10-18-16(13-14)11-12-20-18/h1-3,6-7,9-10,13,17H,4-5,8,11-12,19H2. The first-order chi connectivity index (χ1) is 9.83. The molecular weight excluding hydrogens is 246 g/mol. The molecule has 1 atom stereocenters. The molecule has 1 heterocycles. The number of fused-ring (bicyclic) bond motifs is 1. The Balaban J connectivity index is 1.53. The van der Waals surface area contributed by atoms with Crippen molar-refractivity contribution in [1.29, 1.82) is 0 Å². The van der Waals surface area contributed by atoms with Crippen LogP contribution in [0, 0.1) is 0 Å². The van der Waals surface area contributed by atoms with Gasteiger partial charge in [0.2, 0.25) is 0 Å². The van der Waals surface area contributed by atoms with E-state index in [9.17, 15) is 0 Å². The van der Waals surface area contributed by atoms with Crippen LogP contribution in [0.1, 0.15) is 35.6 Å². The summed E-state index contributed by atoms with van der Waals surface area (Å²) < 4.78 is 5.53. The van der Waals surface area contributed by atoms with E-state index in [1.165, 1.54) is 16.7 Å². The van der Waals surface area contributed by atoms with Gasteiger partial charge in [0.25, 0.3) is 0 Å². The third-order valence-corrected chi connectivity index (χ3v) is 3.96. The van der Waals surface area contributed by atoms with Gasteiger partial charge in [-0.2, -0.15) is 0 Å². The smallest absolute Gasteiger partial charge is 0.122 e. The Morgan fingerprint density at radius 1 is 1.10 bits per heavy atom. The van der Waals surface area contributed by atoms with Gasteiger partial charge >= 0.3 is 0 Å². The molecule has 20 heavy (non-hydrogen) atoms. The Morgan fingerprint density at radius 2 is 1.95 bits per heavy atom. The fourth-order valence-electron chi connectivity index (χ4n) is 2.79. The molecule has 0 fully saturated rings. The zero-order valence-corrected chi connectivity index (χ0v) is 11.7. The molecule has 3 rings (SSSR count). The Bertz CT molecular complexity index is 565. The second-order valence-corrected chi connectivity index (χ2v) is 5.45. The SMILES string of the molecule is NC(CCCc1ccc2c(c1)CCO2)c1ccccc1. The molecular formula is C18H21NO. The van der Waals surface area contributed by atoms with Crippen LogP contribution in [0.2, 0.25) is 0 Å². The quantitative estimate of drug-likeness (QED) is 0.897. The van der Waals surface area contributed by atoms with Crippen molar-refractivity contribution in [1.82, 2.24) is 0 Å². The molecule has 2 aromatic carbocycles. The van der Waals surface area contributed by atoms with Crippen LogP contribution in [0.15, 0.2) is 48.5 Å². The molecule has 2 heteroatoms. The van der Waals surface area contributed by atoms with Crippen LogP contribution in [-0.4, -0.2) is 6.61 Å². The Hall–Kier alpha value is -1.80. The van der Waals surface area contributed by atoms with E-state index in [0.717, 1.165) is 38.0 Å². The molecule has 0 saturated heterocycles. The highest BCUT2D eigenvalue weighted by molar-refractivity contribution is 5.39. The Kier molecular flexibility index (Phi) is 4.03. The van der Waals surface area contributed by atoms with Gasteiger partial charge in [0.15, 0.2) is 0 Å². The highest BCUT2D eigenvalue weighted by Gasteiger charge is 2.12. The number of aryl methyl sites for hydroxylation is 1. The van der Waals surface area contributed by atoms with E-state index in [-0.39, 0.29) is 6.04 Å². The lowest BCUT2D eigenvalue weighted by Gasteiger charge is -2.12. The molecule has 0 saturated carbocycles. The summed E-state index contributed by atoms with van der Waals surface area (Å²) in [4.78, 5) is 0. The van der Waals surface area contributed by atoms with Gasteiger partial charge in [-0.05, 0) is 42.0 Å². The van der Waals surface area contributed by atoms with E-state index in [0.29, 0.717) is 0 Å². The van der Waals surface area contributed by atoms with Crippen molar-refractivity contribution >= 4 is 0 Å². The predicted octanol–water partition coefficient (Wildman–Crippen LogP) is 3.64. The summed E-state index contributed by atoms with van der Waals surface area (Å²) >= 11 is 0. The van der Waals surface area contributed by atoms with Gasteiger partial charge in [-0.25, -0.2) is 0 Å². The number of hydrogen-bond acceptors (Lipinski definition) is 2. The summed E-state index contributed by atoms with van der Waals surface area (Å²) in [5.41, 5.74) is 10.2. The topological polar surface area (TPSA) is 35.2 Å². The molecule has 0 radical (unpaired) electrons. The number of hydrogen-bond donors (Lipinski definition) is 1. The van der Waals surface area contributed by atoms with Crippen LogP contribution in [0.5, 0.6) is 5.75 Å². The van der Waals surface area contributed by atoms with E-state index in [2.05, 4.69) is 42.5 Å². The molecule has 2 aromatic rings. The van der Waals surface area contributed by atoms with E-state index in [1.54, 1.807) is 0 Å². The fraction of sp³-hybridized carbons (Fsp3) is 0.333. The van der Waals surface area contributed by atoms with Gasteiger partial charge in [-0.3, -0.25) is 0 Å². The van der Waals surface area contributed by atoms with Gasteiger partial charge in [-0.15, -0.1) is 0 Å². The van der Waals surface area contributed by atoms with Crippen LogP contribution >= 0.6 is 0 Å². The fourth-order valence-corrected chi connectivity index (χ4v) is 2.79. The molecule has 1 unspecified atom stereocenters. The maximum Gasteiger partial charge on any atom is 0.122 e. The van der Waals surface area contributed by atoms with Crippen molar-refractivity contribution in [2.24, 2.45) is 5.73 Å². The van der Waals surface area contributed by atoms with Gasteiger partial charge in [0.1, 0.15) is 5.75 Å². The van der Waals surface area contributed by atoms with Crippen LogP contribution in [-0.2, 0) is 12.8 Å². The van der Waals surface area contributed by atoms with Crippen molar-refractivity contribution in [3.05, 3.63) is 65.2 Å². The average Bonchev–Trinajstić information content (AvgIpc) is 2.95. The average molecular weight is 267 g/mol. The molecule has 1 aliphatic rings. The molecule has 2 N–H and O–H groups in total. The minimum Gasteiger partial charge on any atom is -0.493 e. The largest absolute Gasteiger partial charge is 0.493 e. The summed E-state index contributed by atoms with van der Waals surface area (Å²) in [6, 6.07) is 17.1. The van der Waals surface area contributed by atoms with Crippen molar-refractivity contribution < 1.29 is 4.74 Å². The third kappa shape index (κ3) is 3.02. The lowest BCUT2D eigenvalue weighted by molar-refractivity contribution is 0.357. The van der Waals surface area contributed by atoms with E-state index >= 15 is 0 Å². The summed E-state index contributed by atoms with van der Waals surface area (Å²) in [5.74, 6) is 1.06. The van der Waals surface area contributed by atoms with Gasteiger partial charge < -0.3 is 10.5 Å². The second-order valence-electron chi connectivity index (χ2n) is 5.45. The maximum atomic E-state index is 6.23. The minimum absolute atomic E-state index is 0.147. The molecule has 0 aromatic heterocycles. The number of ether oxygens (including phenoxy) is 1. The number of benzene rings is 2. The summed E-state index contributed by atoms with van der Waals surface area (Å²) in [7, 11) is 0. The van der Waals surface area contributed by atoms with Crippen LogP contribution in [0.4, 0.5) is 0 Å². The van der Waals surface area contributed by atoms with Crippen molar-refractivity contribution in [3.63, 3.8) is 0 Å². The molecule has 2 nitrogen and oxygen atoms in total. The molecule has 0 spiro atoms. The molecule has 1 aliphatic heterocycles. The lowest BCUT2D eigenvalue weighted by Crippen LogP contribution is -2.10. The zero-order chi connectivity index (χ0) is 13.8. The van der Waals surface area contributed by atoms with E-state index < -0.39 is 0 Å². The highest BCUT2D eigenvalue weighted by Crippen LogP contribution is 2.26. The first-order valence-corrected chi connectivity index (χ1v) is 7.38. The maximum absolute atomic E-state index is 6.23. The van der Waals surface area contributed by atoms with E-state index in [4.69, 9.17) is 10.5 Å². The molecule has 104 valence electrons. The normalized spacial score (nSPS) is 14.7. The van der Waals surface area contributed by atoms with E-state index in [1.807, 2.05) is 6.07 Å². The zero-order valence-electron chi connectivity index (χ0n) is 11.7. The summed E-state index contributed by atoms with van der Waals surface area (Å²) in [6.45, 7) is 0.831. The van der Waals surface area contributed by atoms with Crippen LogP contribution in [0.3, 0.4) is 0 Å². The first kappa shape index (κ1) is 13.2. The number of rotatable bonds is 5. The number of nitrogens with two attached hydrogens (primary N) is 1. The predicted molar refractivity (Wildman–Crippen MR) is 81.9 cm³/mol. The van der Waals surface area contributed by atoms with Crippen molar-refractivity contribution in [2.45, 2.75) is 31.7 Å². The Morgan fingerprint density at radius 3 is 2.80 bits per heavy atom. The van der Waals surface area contributed by atoms with Crippen molar-refractivity contribution in [3.8, 4) is 5.75 Å². The first-order valence-electron chi connectivity index (χ1n) is 7.38. The lowest BCUT2D eigenvalue weighted by atomic mass is 9.99. The van der Waals surface area contributed by atoms with Gasteiger partial charge in [0.05, 0.1) is 6.61 Å². The summed E-state index contributed by atoms with van der Waals surface area (Å²) in [6.07, 6.45) is 4.29.